The maximum Gasteiger partial charge on any atom is 0.309 e. The first-order chi connectivity index (χ1) is 8.92. The summed E-state index contributed by atoms with van der Waals surface area (Å²) in [6.45, 7) is 13.6. The van der Waals surface area contributed by atoms with Gasteiger partial charge in [0.1, 0.15) is 0 Å². The molecule has 0 aromatic rings. The van der Waals surface area contributed by atoms with Gasteiger partial charge in [0.2, 0.25) is 0 Å². The Balaban J connectivity index is 4.23. The zero-order chi connectivity index (χ0) is 14.8. The van der Waals surface area contributed by atoms with Crippen LogP contribution in [0.5, 0.6) is 0 Å². The van der Waals surface area contributed by atoms with E-state index in [4.69, 9.17) is 4.74 Å². The van der Waals surface area contributed by atoms with E-state index < -0.39 is 0 Å². The largest absolute Gasteiger partial charge is 0.465 e. The van der Waals surface area contributed by atoms with Gasteiger partial charge in [-0.15, -0.1) is 0 Å². The highest BCUT2D eigenvalue weighted by Gasteiger charge is 2.25. The molecular formula is C17H34O2. The Morgan fingerprint density at radius 1 is 1.11 bits per heavy atom. The van der Waals surface area contributed by atoms with Crippen LogP contribution in [0.4, 0.5) is 0 Å². The highest BCUT2D eigenvalue weighted by atomic mass is 16.5. The predicted molar refractivity (Wildman–Crippen MR) is 82.0 cm³/mol. The zero-order valence-electron chi connectivity index (χ0n) is 13.9. The van der Waals surface area contributed by atoms with Gasteiger partial charge in [0, 0.05) is 0 Å². The molecule has 2 atom stereocenters. The number of unbranched alkanes of at least 4 members (excludes halogenated alkanes) is 1. The third-order valence-electron chi connectivity index (χ3n) is 3.84. The average molecular weight is 270 g/mol. The Morgan fingerprint density at radius 2 is 1.74 bits per heavy atom. The van der Waals surface area contributed by atoms with E-state index in [2.05, 4.69) is 41.5 Å². The van der Waals surface area contributed by atoms with Gasteiger partial charge in [-0.3, -0.25) is 4.79 Å². The minimum absolute atomic E-state index is 0.0126. The summed E-state index contributed by atoms with van der Waals surface area (Å²) in [7, 11) is 0. The predicted octanol–water partition coefficient (Wildman–Crippen LogP) is 5.06. The molecule has 0 aromatic heterocycles. The summed E-state index contributed by atoms with van der Waals surface area (Å²) >= 11 is 0. The number of carbonyl (C=O) groups is 1. The molecule has 0 amide bonds. The second-order valence-electron chi connectivity index (χ2n) is 6.53. The number of rotatable bonds is 10. The van der Waals surface area contributed by atoms with Crippen molar-refractivity contribution >= 4 is 5.97 Å². The van der Waals surface area contributed by atoms with Crippen molar-refractivity contribution in [1.29, 1.82) is 0 Å². The molecule has 0 aliphatic rings. The van der Waals surface area contributed by atoms with E-state index in [1.54, 1.807) is 0 Å². The Kier molecular flexibility index (Phi) is 9.99. The van der Waals surface area contributed by atoms with Crippen molar-refractivity contribution in [2.75, 3.05) is 6.61 Å². The van der Waals surface area contributed by atoms with Crippen molar-refractivity contribution in [3.8, 4) is 0 Å². The average Bonchev–Trinajstić information content (AvgIpc) is 2.35. The van der Waals surface area contributed by atoms with E-state index in [1.165, 1.54) is 19.3 Å². The third-order valence-corrected chi connectivity index (χ3v) is 3.84. The van der Waals surface area contributed by atoms with Gasteiger partial charge in [0.25, 0.3) is 0 Å². The minimum atomic E-state index is 0.0126. The number of hydrogen-bond acceptors (Lipinski definition) is 2. The van der Waals surface area contributed by atoms with E-state index in [0.717, 1.165) is 12.8 Å². The lowest BCUT2D eigenvalue weighted by Crippen LogP contribution is -2.26. The first-order valence-corrected chi connectivity index (χ1v) is 8.08. The number of ether oxygens (including phenoxy) is 1. The van der Waals surface area contributed by atoms with Crippen molar-refractivity contribution < 1.29 is 9.53 Å². The second kappa shape index (κ2) is 10.3. The van der Waals surface area contributed by atoms with Crippen LogP contribution in [0, 0.1) is 23.7 Å². The Bertz CT molecular complexity index is 233. The number of esters is 1. The fourth-order valence-corrected chi connectivity index (χ4v) is 2.35. The molecule has 0 radical (unpaired) electrons. The molecule has 0 saturated carbocycles. The monoisotopic (exact) mass is 270 g/mol. The smallest absolute Gasteiger partial charge is 0.309 e. The van der Waals surface area contributed by atoms with Crippen LogP contribution in [-0.2, 0) is 9.53 Å². The quantitative estimate of drug-likeness (QED) is 0.518. The first-order valence-electron chi connectivity index (χ1n) is 8.08. The molecule has 0 aliphatic carbocycles. The van der Waals surface area contributed by atoms with Crippen molar-refractivity contribution in [2.45, 2.75) is 73.6 Å². The normalized spacial score (nSPS) is 14.7. The number of carbonyl (C=O) groups excluding carboxylic acids is 1. The molecule has 2 unspecified atom stereocenters. The van der Waals surface area contributed by atoms with Crippen LogP contribution in [0.1, 0.15) is 73.6 Å². The minimum Gasteiger partial charge on any atom is -0.465 e. The first kappa shape index (κ1) is 18.5. The van der Waals surface area contributed by atoms with Gasteiger partial charge >= 0.3 is 5.97 Å². The molecule has 0 heterocycles. The number of hydrogen-bond donors (Lipinski definition) is 0. The third kappa shape index (κ3) is 8.28. The van der Waals surface area contributed by atoms with Gasteiger partial charge < -0.3 is 4.74 Å². The summed E-state index contributed by atoms with van der Waals surface area (Å²) in [6, 6.07) is 0. The molecule has 2 heteroatoms. The lowest BCUT2D eigenvalue weighted by atomic mass is 9.88. The Labute approximate surface area is 120 Å². The van der Waals surface area contributed by atoms with E-state index >= 15 is 0 Å². The van der Waals surface area contributed by atoms with Gasteiger partial charge in [-0.05, 0) is 30.6 Å². The topological polar surface area (TPSA) is 26.3 Å². The maximum absolute atomic E-state index is 12.2. The van der Waals surface area contributed by atoms with Gasteiger partial charge in [0.15, 0.2) is 0 Å². The lowest BCUT2D eigenvalue weighted by Gasteiger charge is -2.23. The van der Waals surface area contributed by atoms with Crippen LogP contribution >= 0.6 is 0 Å². The zero-order valence-corrected chi connectivity index (χ0v) is 13.9. The summed E-state index contributed by atoms with van der Waals surface area (Å²) in [5.41, 5.74) is 0. The summed E-state index contributed by atoms with van der Waals surface area (Å²) < 4.78 is 5.58. The molecule has 0 saturated heterocycles. The van der Waals surface area contributed by atoms with Crippen molar-refractivity contribution in [3.63, 3.8) is 0 Å². The van der Waals surface area contributed by atoms with E-state index in [9.17, 15) is 4.79 Å². The fourth-order valence-electron chi connectivity index (χ4n) is 2.35. The van der Waals surface area contributed by atoms with Crippen LogP contribution < -0.4 is 0 Å². The Morgan fingerprint density at radius 3 is 2.16 bits per heavy atom. The molecule has 0 aliphatic heterocycles. The maximum atomic E-state index is 12.2. The molecule has 114 valence electrons. The standard InChI is InChI=1S/C17H34O2/c1-7-9-10-15(8-2)12-19-17(18)16(14(5)6)11-13(3)4/h13-16H,7-12H2,1-6H3. The van der Waals surface area contributed by atoms with Crippen LogP contribution in [0.25, 0.3) is 0 Å². The van der Waals surface area contributed by atoms with Crippen molar-refractivity contribution in [1.82, 2.24) is 0 Å². The molecule has 0 rings (SSSR count). The molecule has 0 spiro atoms. The van der Waals surface area contributed by atoms with Crippen molar-refractivity contribution in [2.24, 2.45) is 23.7 Å². The molecule has 2 nitrogen and oxygen atoms in total. The molecule has 19 heavy (non-hydrogen) atoms. The molecule has 0 N–H and O–H groups in total. The highest BCUT2D eigenvalue weighted by molar-refractivity contribution is 5.72. The molecule has 0 bridgehead atoms. The van der Waals surface area contributed by atoms with Crippen LogP contribution in [-0.4, -0.2) is 12.6 Å². The van der Waals surface area contributed by atoms with Gasteiger partial charge in [-0.2, -0.15) is 0 Å². The van der Waals surface area contributed by atoms with Crippen LogP contribution in [0.15, 0.2) is 0 Å². The summed E-state index contributed by atoms with van der Waals surface area (Å²) in [4.78, 5) is 12.2. The molecule has 0 aromatic carbocycles. The van der Waals surface area contributed by atoms with E-state index in [-0.39, 0.29) is 11.9 Å². The molecule has 0 fully saturated rings. The molecular weight excluding hydrogens is 236 g/mol. The summed E-state index contributed by atoms with van der Waals surface area (Å²) in [5, 5.41) is 0. The van der Waals surface area contributed by atoms with Crippen LogP contribution in [0.3, 0.4) is 0 Å². The van der Waals surface area contributed by atoms with E-state index in [1.807, 2.05) is 0 Å². The second-order valence-corrected chi connectivity index (χ2v) is 6.53. The van der Waals surface area contributed by atoms with Gasteiger partial charge in [0.05, 0.1) is 12.5 Å². The lowest BCUT2D eigenvalue weighted by molar-refractivity contribution is -0.152. The highest BCUT2D eigenvalue weighted by Crippen LogP contribution is 2.22. The summed E-state index contributed by atoms with van der Waals surface area (Å²) in [5.74, 6) is 1.52. The Hall–Kier alpha value is -0.530. The van der Waals surface area contributed by atoms with Gasteiger partial charge in [-0.1, -0.05) is 60.8 Å². The summed E-state index contributed by atoms with van der Waals surface area (Å²) in [6.07, 6.45) is 5.66. The van der Waals surface area contributed by atoms with Crippen LogP contribution in [0.2, 0.25) is 0 Å². The SMILES string of the molecule is CCCCC(CC)COC(=O)C(CC(C)C)C(C)C. The van der Waals surface area contributed by atoms with Gasteiger partial charge in [-0.25, -0.2) is 0 Å². The van der Waals surface area contributed by atoms with E-state index in [0.29, 0.717) is 24.4 Å². The van der Waals surface area contributed by atoms with Crippen molar-refractivity contribution in [3.05, 3.63) is 0 Å². The fraction of sp³-hybridized carbons (Fsp3) is 0.941.